The molecule has 1 aliphatic rings. The highest BCUT2D eigenvalue weighted by molar-refractivity contribution is 5.00. The van der Waals surface area contributed by atoms with Gasteiger partial charge in [-0.05, 0) is 14.1 Å². The molecule has 84 valence electrons. The molecule has 0 bridgehead atoms. The van der Waals surface area contributed by atoms with Gasteiger partial charge in [0, 0.05) is 25.6 Å². The van der Waals surface area contributed by atoms with Gasteiger partial charge in [0.05, 0.1) is 6.54 Å². The first-order valence-electron chi connectivity index (χ1n) is 5.49. The van der Waals surface area contributed by atoms with E-state index in [2.05, 4.69) is 46.0 Å². The van der Waals surface area contributed by atoms with Gasteiger partial charge < -0.3 is 14.8 Å². The minimum Gasteiger partial charge on any atom is -0.312 e. The topological polar surface area (TPSA) is 46.0 Å². The molecule has 0 radical (unpaired) electrons. The molecule has 1 unspecified atom stereocenters. The third kappa shape index (κ3) is 2.18. The highest BCUT2D eigenvalue weighted by Gasteiger charge is 2.21. The summed E-state index contributed by atoms with van der Waals surface area (Å²) in [5.41, 5.74) is 0. The Morgan fingerprint density at radius 2 is 2.27 bits per heavy atom. The van der Waals surface area contributed by atoms with Crippen LogP contribution in [0.4, 0.5) is 0 Å². The van der Waals surface area contributed by atoms with Crippen molar-refractivity contribution in [2.75, 3.05) is 20.6 Å². The smallest absolute Gasteiger partial charge is 0.147 e. The van der Waals surface area contributed by atoms with Crippen molar-refractivity contribution in [3.63, 3.8) is 0 Å². The van der Waals surface area contributed by atoms with Crippen LogP contribution < -0.4 is 5.32 Å². The molecule has 2 rings (SSSR count). The van der Waals surface area contributed by atoms with Crippen LogP contribution in [0.15, 0.2) is 0 Å². The van der Waals surface area contributed by atoms with E-state index in [9.17, 15) is 0 Å². The van der Waals surface area contributed by atoms with Crippen LogP contribution in [0.2, 0.25) is 0 Å². The summed E-state index contributed by atoms with van der Waals surface area (Å²) in [7, 11) is 4.20. The molecule has 15 heavy (non-hydrogen) atoms. The van der Waals surface area contributed by atoms with Crippen molar-refractivity contribution in [2.45, 2.75) is 32.5 Å². The number of hydrogen-bond acceptors (Lipinski definition) is 4. The molecule has 0 amide bonds. The lowest BCUT2D eigenvalue weighted by molar-refractivity contribution is 0.288. The zero-order valence-corrected chi connectivity index (χ0v) is 9.69. The molecule has 0 fully saturated rings. The third-order valence-corrected chi connectivity index (χ3v) is 2.76. The predicted octanol–water partition coefficient (Wildman–Crippen LogP) is -0.126. The van der Waals surface area contributed by atoms with Gasteiger partial charge in [-0.15, -0.1) is 10.2 Å². The maximum Gasteiger partial charge on any atom is 0.147 e. The van der Waals surface area contributed by atoms with Crippen LogP contribution >= 0.6 is 0 Å². The largest absolute Gasteiger partial charge is 0.312 e. The van der Waals surface area contributed by atoms with E-state index in [1.54, 1.807) is 0 Å². The first-order valence-corrected chi connectivity index (χ1v) is 5.49. The average molecular weight is 209 g/mol. The lowest BCUT2D eigenvalue weighted by atomic mass is 10.2. The van der Waals surface area contributed by atoms with Crippen molar-refractivity contribution in [3.8, 4) is 0 Å². The van der Waals surface area contributed by atoms with E-state index in [0.29, 0.717) is 6.04 Å². The van der Waals surface area contributed by atoms with E-state index in [-0.39, 0.29) is 0 Å². The Hall–Kier alpha value is -0.940. The van der Waals surface area contributed by atoms with E-state index in [0.717, 1.165) is 37.7 Å². The van der Waals surface area contributed by atoms with E-state index in [1.807, 2.05) is 0 Å². The van der Waals surface area contributed by atoms with Crippen molar-refractivity contribution in [2.24, 2.45) is 0 Å². The van der Waals surface area contributed by atoms with Gasteiger partial charge in [-0.2, -0.15) is 0 Å². The maximum atomic E-state index is 4.19. The number of aromatic nitrogens is 3. The predicted molar refractivity (Wildman–Crippen MR) is 58.6 cm³/mol. The standard InChI is InChI=1S/C10H19N5/c1-4-9-12-13-10-5-11-8(6-14(2)3)7-15(9)10/h8,11H,4-7H2,1-3H3. The lowest BCUT2D eigenvalue weighted by Crippen LogP contribution is -2.45. The monoisotopic (exact) mass is 209 g/mol. The quantitative estimate of drug-likeness (QED) is 0.753. The molecular formula is C10H19N5. The van der Waals surface area contributed by atoms with Gasteiger partial charge in [-0.3, -0.25) is 0 Å². The van der Waals surface area contributed by atoms with Crippen molar-refractivity contribution in [3.05, 3.63) is 11.6 Å². The molecule has 1 atom stereocenters. The summed E-state index contributed by atoms with van der Waals surface area (Å²) in [6, 6.07) is 0.508. The summed E-state index contributed by atoms with van der Waals surface area (Å²) in [6.45, 7) is 5.01. The molecule has 2 heterocycles. The van der Waals surface area contributed by atoms with Gasteiger partial charge in [0.2, 0.25) is 0 Å². The SMILES string of the molecule is CCc1nnc2n1CC(CN(C)C)NC2. The first kappa shape index (κ1) is 10.6. The molecule has 0 aromatic carbocycles. The molecule has 1 N–H and O–H groups in total. The fraction of sp³-hybridized carbons (Fsp3) is 0.800. The number of likely N-dealkylation sites (N-methyl/N-ethyl adjacent to an activating group) is 1. The van der Waals surface area contributed by atoms with Gasteiger partial charge in [0.25, 0.3) is 0 Å². The van der Waals surface area contributed by atoms with Crippen molar-refractivity contribution >= 4 is 0 Å². The van der Waals surface area contributed by atoms with Crippen LogP contribution in [0.1, 0.15) is 18.6 Å². The molecule has 0 aliphatic carbocycles. The highest BCUT2D eigenvalue weighted by atomic mass is 15.3. The molecular weight excluding hydrogens is 190 g/mol. The van der Waals surface area contributed by atoms with Crippen LogP contribution in [0.5, 0.6) is 0 Å². The Balaban J connectivity index is 2.10. The van der Waals surface area contributed by atoms with Crippen LogP contribution in [0.25, 0.3) is 0 Å². The molecule has 5 heteroatoms. The normalized spacial score (nSPS) is 20.7. The fourth-order valence-corrected chi connectivity index (χ4v) is 2.06. The maximum absolute atomic E-state index is 4.19. The van der Waals surface area contributed by atoms with E-state index in [4.69, 9.17) is 0 Å². The van der Waals surface area contributed by atoms with Crippen LogP contribution in [-0.2, 0) is 19.5 Å². The summed E-state index contributed by atoms with van der Waals surface area (Å²) >= 11 is 0. The van der Waals surface area contributed by atoms with Gasteiger partial charge in [-0.25, -0.2) is 0 Å². The second kappa shape index (κ2) is 4.28. The van der Waals surface area contributed by atoms with E-state index >= 15 is 0 Å². The number of nitrogens with zero attached hydrogens (tertiary/aromatic N) is 4. The zero-order valence-electron chi connectivity index (χ0n) is 9.69. The summed E-state index contributed by atoms with van der Waals surface area (Å²) < 4.78 is 2.25. The Morgan fingerprint density at radius 3 is 2.93 bits per heavy atom. The molecule has 1 aromatic heterocycles. The second-order valence-electron chi connectivity index (χ2n) is 4.34. The summed E-state index contributed by atoms with van der Waals surface area (Å²) in [4.78, 5) is 2.21. The van der Waals surface area contributed by atoms with E-state index in [1.165, 1.54) is 0 Å². The summed E-state index contributed by atoms with van der Waals surface area (Å²) in [5.74, 6) is 2.18. The number of rotatable bonds is 3. The number of fused-ring (bicyclic) bond motifs is 1. The molecule has 1 aliphatic heterocycles. The number of aryl methyl sites for hydroxylation is 1. The Bertz CT molecular complexity index is 317. The fourth-order valence-electron chi connectivity index (χ4n) is 2.06. The Labute approximate surface area is 90.5 Å². The minimum atomic E-state index is 0.508. The summed E-state index contributed by atoms with van der Waals surface area (Å²) in [5, 5.41) is 11.8. The molecule has 0 saturated heterocycles. The van der Waals surface area contributed by atoms with Gasteiger partial charge in [0.1, 0.15) is 11.6 Å². The number of nitrogens with one attached hydrogen (secondary N) is 1. The first-order chi connectivity index (χ1) is 7.20. The Kier molecular flexibility index (Phi) is 3.02. The van der Waals surface area contributed by atoms with Crippen LogP contribution in [0, 0.1) is 0 Å². The zero-order chi connectivity index (χ0) is 10.8. The molecule has 1 aromatic rings. The van der Waals surface area contributed by atoms with Crippen molar-refractivity contribution in [1.29, 1.82) is 0 Å². The van der Waals surface area contributed by atoms with Gasteiger partial charge >= 0.3 is 0 Å². The van der Waals surface area contributed by atoms with Gasteiger partial charge in [-0.1, -0.05) is 6.92 Å². The van der Waals surface area contributed by atoms with Crippen LogP contribution in [0.3, 0.4) is 0 Å². The third-order valence-electron chi connectivity index (χ3n) is 2.76. The van der Waals surface area contributed by atoms with Crippen molar-refractivity contribution < 1.29 is 0 Å². The Morgan fingerprint density at radius 1 is 1.47 bits per heavy atom. The molecule has 0 spiro atoms. The summed E-state index contributed by atoms with van der Waals surface area (Å²) in [6.07, 6.45) is 0.960. The van der Waals surface area contributed by atoms with Crippen LogP contribution in [-0.4, -0.2) is 46.3 Å². The minimum absolute atomic E-state index is 0.508. The van der Waals surface area contributed by atoms with Gasteiger partial charge in [0.15, 0.2) is 0 Å². The molecule has 5 nitrogen and oxygen atoms in total. The number of hydrogen-bond donors (Lipinski definition) is 1. The second-order valence-corrected chi connectivity index (χ2v) is 4.34. The average Bonchev–Trinajstić information content (AvgIpc) is 2.59. The van der Waals surface area contributed by atoms with E-state index < -0.39 is 0 Å². The lowest BCUT2D eigenvalue weighted by Gasteiger charge is -2.27. The highest BCUT2D eigenvalue weighted by Crippen LogP contribution is 2.10. The van der Waals surface area contributed by atoms with Crippen molar-refractivity contribution in [1.82, 2.24) is 25.0 Å². The molecule has 0 saturated carbocycles.